The monoisotopic (exact) mass is 2000 g/mol. The molecule has 4 aromatic rings. The van der Waals surface area contributed by atoms with Crippen molar-refractivity contribution in [2.24, 2.45) is 28.7 Å². The van der Waals surface area contributed by atoms with Crippen molar-refractivity contribution < 1.29 is 202 Å². The van der Waals surface area contributed by atoms with Gasteiger partial charge in [0.15, 0.2) is 12.2 Å². The van der Waals surface area contributed by atoms with E-state index in [9.17, 15) is 147 Å². The Labute approximate surface area is 748 Å². The van der Waals surface area contributed by atoms with Gasteiger partial charge in [-0.05, 0) is 103 Å². The number of phenolic OH excluding ortho intramolecular Hbond substituents is 2. The minimum Gasteiger partial charge on any atom is -0.507 e. The zero-order valence-corrected chi connectivity index (χ0v) is 70.5. The summed E-state index contributed by atoms with van der Waals surface area (Å²) in [6.45, 7) is -2.33. The molecule has 35 N–H and O–H groups in total. The number of primary amides is 2. The quantitative estimate of drug-likeness (QED) is 0.00643. The lowest BCUT2D eigenvalue weighted by Crippen LogP contribution is -2.61. The second-order valence-electron chi connectivity index (χ2n) is 26.4. The number of aromatic hydroxyl groups is 2. The van der Waals surface area contributed by atoms with Gasteiger partial charge in [-0.25, -0.2) is 19.2 Å². The number of halogens is 1. The number of carboxylic acids is 9. The molecule has 0 aliphatic carbocycles. The number of aliphatic carboxylic acids is 8. The molecule has 0 aromatic heterocycles. The number of aromatic carboxylic acids is 1. The van der Waals surface area contributed by atoms with Crippen molar-refractivity contribution in [3.05, 3.63) is 103 Å². The number of nitrogens with one attached hydrogen (secondary N) is 7. The van der Waals surface area contributed by atoms with Gasteiger partial charge in [-0.3, -0.25) is 87.9 Å². The van der Waals surface area contributed by atoms with E-state index in [1.54, 1.807) is 12.1 Å². The normalized spacial score (nSPS) is 19.1. The van der Waals surface area contributed by atoms with Crippen LogP contribution in [0.3, 0.4) is 0 Å². The smallest absolute Gasteiger partial charge is 0.340 e. The van der Waals surface area contributed by atoms with Gasteiger partial charge < -0.3 is 166 Å². The number of nitrogens with two attached hydrogens (primary N) is 5. The van der Waals surface area contributed by atoms with Crippen molar-refractivity contribution in [2.75, 3.05) is 42.4 Å². The molecule has 55 nitrogen and oxygen atoms in total. The van der Waals surface area contributed by atoms with E-state index in [1.165, 1.54) is 24.3 Å². The van der Waals surface area contributed by atoms with Crippen LogP contribution in [0.25, 0.3) is 0 Å². The summed E-state index contributed by atoms with van der Waals surface area (Å²) < 4.78 is 21.1. The molecule has 8 amide bonds. The van der Waals surface area contributed by atoms with Gasteiger partial charge in [0.2, 0.25) is 59.8 Å². The van der Waals surface area contributed by atoms with Crippen molar-refractivity contribution in [1.82, 2.24) is 31.9 Å². The van der Waals surface area contributed by atoms with Crippen LogP contribution in [0.15, 0.2) is 81.4 Å². The number of thioether (sulfide) groups is 3. The number of carbonyl (C=O) groups excluding carboxylic acids is 9. The lowest BCUT2D eigenvalue weighted by atomic mass is 9.99. The molecule has 708 valence electrons. The molecule has 2 aliphatic rings. The summed E-state index contributed by atoms with van der Waals surface area (Å²) >= 11 is 4.20. The van der Waals surface area contributed by atoms with E-state index in [2.05, 4.69) is 26.6 Å². The molecule has 6 rings (SSSR count). The Bertz CT molecular complexity index is 4770. The zero-order valence-electron chi connectivity index (χ0n) is 65.9. The Hall–Kier alpha value is -12.8. The van der Waals surface area contributed by atoms with Gasteiger partial charge in [-0.15, -0.1) is 35.3 Å². The summed E-state index contributed by atoms with van der Waals surface area (Å²) in [6, 6.07) is 5.00. The summed E-state index contributed by atoms with van der Waals surface area (Å²) in [7, 11) is 0. The number of rotatable bonds is 44. The standard InChI is InChI=1S/C23H29N3O16S.C23H29N3O15S.C17H21N5O9S.C7H7IN2O2/c24-8(20(36)37)1-2-12(29)26-9(19(35)25-5-13(30)31)6-43-18-10(27)3-7(4-11(18)28)22(40)42-23-16(34)14(32)15(33)17(41-23)21(38)39;24-9(21(36)37)2-4-13(27)26-10(19(33)25-6-14(28)29)7-42-12-3-1-8(20(34)35)5-11(12)40-23-17(32)15(30)16(31)18(41-23)22(38)39;18-9(17(28)29)2-4-13(23)21-10(16(27)20-6-14(24)25)7-32-12-3-1-8(15(19)26)5-11(12)22(30)31;8-5-2-1-4(7(9)11)3-6(5)10-12/h3-4,8-9,14-17,23,27-28,32-34H,1-2,5-6,24H2,(H,25,35)(H,26,29)(H,30,31)(H,36,37)(H,38,39);1,3,5,9-10,15-18,23,30-32H,2,4,6-7,24H2,(H,25,33)(H,26,27)(H,28,29)(H,34,35)(H,36,37)(H,38,39);1,3,5,9-10H,2,4,6-7,18H2,(H2,19,26)(H,20,27)(H,21,23)(H,24,25)(H,28,29);1-3,10,12H,(H2,9,11)/t8?,9?,14-,15-,16+,17?,23?;9?,10?,15-,16-,17+,18?,23?;;/m00../s1. The second-order valence-corrected chi connectivity index (χ2v) is 30.7. The Morgan fingerprint density at radius 2 is 0.837 bits per heavy atom. The summed E-state index contributed by atoms with van der Waals surface area (Å²) in [5, 5.41) is 194. The maximum absolute atomic E-state index is 12.6. The van der Waals surface area contributed by atoms with Gasteiger partial charge in [0.1, 0.15) is 110 Å². The molecule has 0 radical (unpaired) electrons. The number of aliphatic hydroxyl groups excluding tert-OH is 6. The molecule has 10 unspecified atom stereocenters. The first-order valence-electron chi connectivity index (χ1n) is 36.2. The molecule has 2 saturated heterocycles. The largest absolute Gasteiger partial charge is 0.507 e. The number of hydrogen-bond donors (Lipinski definition) is 30. The maximum atomic E-state index is 12.6. The fourth-order valence-electron chi connectivity index (χ4n) is 9.96. The van der Waals surface area contributed by atoms with Crippen molar-refractivity contribution >= 4 is 176 Å². The maximum Gasteiger partial charge on any atom is 0.340 e. The van der Waals surface area contributed by atoms with Crippen molar-refractivity contribution in [1.29, 1.82) is 0 Å². The molecule has 2 heterocycles. The van der Waals surface area contributed by atoms with Gasteiger partial charge in [-0.1, -0.05) is 0 Å². The number of nitro groups is 1. The predicted octanol–water partition coefficient (Wildman–Crippen LogP) is -7.40. The number of esters is 1. The minimum absolute atomic E-state index is 0.0678. The van der Waals surface area contributed by atoms with Crippen LogP contribution >= 0.6 is 57.9 Å². The van der Waals surface area contributed by atoms with Crippen molar-refractivity contribution in [2.45, 2.75) is 151 Å². The van der Waals surface area contributed by atoms with Crippen LogP contribution in [0.4, 0.5) is 11.4 Å². The molecule has 59 heteroatoms. The van der Waals surface area contributed by atoms with E-state index in [0.29, 0.717) is 23.0 Å². The molecular weight excluding hydrogens is 1920 g/mol. The fourth-order valence-corrected chi connectivity index (χ4v) is 13.4. The highest BCUT2D eigenvalue weighted by atomic mass is 127. The zero-order chi connectivity index (χ0) is 97.9. The van der Waals surface area contributed by atoms with Gasteiger partial charge in [-0.2, -0.15) is 0 Å². The topological polar surface area (TPSA) is 966 Å². The first kappa shape index (κ1) is 110. The van der Waals surface area contributed by atoms with Crippen LogP contribution < -0.4 is 70.8 Å². The third-order valence-corrected chi connectivity index (χ3v) is 21.2. The van der Waals surface area contributed by atoms with Gasteiger partial charge >= 0.3 is 59.7 Å². The first-order chi connectivity index (χ1) is 60.2. The molecule has 0 saturated carbocycles. The number of carbonyl (C=O) groups is 18. The van der Waals surface area contributed by atoms with Gasteiger partial charge in [0.25, 0.3) is 5.69 Å². The number of hydrogen-bond acceptors (Lipinski definition) is 40. The SMILES string of the molecule is NC(=O)c1ccc(I)c(NO)c1.NC(=O)c1ccc(SCC(NC(=O)CCC(N)C(=O)O)C(=O)NCC(=O)O)c([N+](=O)[O-])c1.NC(CCC(=O)NC(CSc1c(O)cc(C(=O)OC2OC(C(=O)O)[C@@H](O)[C@H](O)[C@H]2O)cc1O)C(=O)NCC(=O)O)C(=O)O.NC(CCC(=O)NC(CSc1ccc(C(=O)O)cc1OC1OC(C(=O)O)[C@@H](O)[C@H](O)[C@H]1O)C(=O)NCC(=O)O)C(=O)O. The molecular formula is C70H86IN13O42S3. The molecule has 0 spiro atoms. The number of ether oxygens (including phenoxy) is 4. The Kier molecular flexibility index (Phi) is 45.5. The second kappa shape index (κ2) is 53.1. The molecule has 129 heavy (non-hydrogen) atoms. The highest BCUT2D eigenvalue weighted by Gasteiger charge is 2.50. The van der Waals surface area contributed by atoms with Gasteiger partial charge in [0, 0.05) is 62.2 Å². The third-order valence-electron chi connectivity index (χ3n) is 16.8. The molecule has 0 bridgehead atoms. The molecule has 2 aliphatic heterocycles. The number of phenols is 2. The number of nitrogens with zero attached hydrogens (tertiary/aromatic N) is 1. The van der Waals surface area contributed by atoms with E-state index in [-0.39, 0.29) is 68.8 Å². The number of aliphatic hydroxyl groups is 6. The average molecular weight is 2000 g/mol. The lowest BCUT2D eigenvalue weighted by Gasteiger charge is -2.38. The molecule has 4 aromatic carbocycles. The number of nitro benzene ring substituents is 1. The van der Waals surface area contributed by atoms with Crippen molar-refractivity contribution in [3.8, 4) is 17.2 Å². The van der Waals surface area contributed by atoms with Crippen LogP contribution in [0.1, 0.15) is 80.0 Å². The highest BCUT2D eigenvalue weighted by Crippen LogP contribution is 2.40. The summed E-state index contributed by atoms with van der Waals surface area (Å²) in [5.41, 5.74) is 27.6. The number of benzene rings is 4. The lowest BCUT2D eigenvalue weighted by molar-refractivity contribution is -0.387. The average Bonchev–Trinajstić information content (AvgIpc) is 0.780. The molecule has 2 fully saturated rings. The Morgan fingerprint density at radius 1 is 0.473 bits per heavy atom. The minimum atomic E-state index is -2.07. The van der Waals surface area contributed by atoms with Crippen LogP contribution in [0, 0.1) is 13.7 Å². The number of anilines is 1. The fraction of sp³-hybridized carbons (Fsp3) is 0.400. The summed E-state index contributed by atoms with van der Waals surface area (Å²) in [4.78, 5) is 218. The van der Waals surface area contributed by atoms with E-state index in [1.807, 2.05) is 33.4 Å². The van der Waals surface area contributed by atoms with E-state index in [4.69, 9.17) is 88.6 Å². The highest BCUT2D eigenvalue weighted by molar-refractivity contribution is 14.1. The van der Waals surface area contributed by atoms with Crippen LogP contribution in [-0.4, -0.2) is 338 Å². The summed E-state index contributed by atoms with van der Waals surface area (Å²) in [6.07, 6.45) is -22.1. The predicted molar refractivity (Wildman–Crippen MR) is 437 cm³/mol. The Morgan fingerprint density at radius 3 is 1.21 bits per heavy atom. The van der Waals surface area contributed by atoms with Crippen LogP contribution in [-0.2, 0) is 81.3 Å². The van der Waals surface area contributed by atoms with Crippen molar-refractivity contribution in [3.63, 3.8) is 0 Å². The van der Waals surface area contributed by atoms with E-state index >= 15 is 0 Å². The first-order valence-corrected chi connectivity index (χ1v) is 40.2. The van der Waals surface area contributed by atoms with Crippen LogP contribution in [0.2, 0.25) is 0 Å². The van der Waals surface area contributed by atoms with E-state index < -0.39 is 271 Å². The number of carboxylic acid groups (broad SMARTS) is 9. The Balaban J connectivity index is 0.000000471. The van der Waals surface area contributed by atoms with E-state index in [0.717, 1.165) is 57.4 Å². The number of amides is 8. The van der Waals surface area contributed by atoms with Gasteiger partial charge in [0.05, 0.1) is 31.5 Å². The van der Waals surface area contributed by atoms with Crippen LogP contribution in [0.5, 0.6) is 17.2 Å². The summed E-state index contributed by atoms with van der Waals surface area (Å²) in [5.74, 6) is -23.6. The molecule has 16 atom stereocenters. The third kappa shape index (κ3) is 36.5.